The van der Waals surface area contributed by atoms with Gasteiger partial charge >= 0.3 is 5.97 Å². The van der Waals surface area contributed by atoms with Crippen molar-refractivity contribution in [2.24, 2.45) is 0 Å². The lowest BCUT2D eigenvalue weighted by Crippen LogP contribution is -2.13. The predicted molar refractivity (Wildman–Crippen MR) is 84.6 cm³/mol. The zero-order chi connectivity index (χ0) is 15.4. The average Bonchev–Trinajstić information content (AvgIpc) is 2.49. The Morgan fingerprint density at radius 1 is 1.14 bits per heavy atom. The number of ether oxygens (including phenoxy) is 1. The first-order chi connectivity index (χ1) is 10.0. The number of carbonyl (C=O) groups excluding carboxylic acids is 2. The van der Waals surface area contributed by atoms with E-state index in [1.54, 1.807) is 30.3 Å². The van der Waals surface area contributed by atoms with Gasteiger partial charge in [0, 0.05) is 10.2 Å². The molecule has 1 amide bonds. The highest BCUT2D eigenvalue weighted by molar-refractivity contribution is 9.10. The maximum Gasteiger partial charge on any atom is 0.337 e. The van der Waals surface area contributed by atoms with E-state index in [-0.39, 0.29) is 5.91 Å². The number of aryl methyl sites for hydroxylation is 1. The van der Waals surface area contributed by atoms with E-state index in [2.05, 4.69) is 26.0 Å². The molecule has 0 saturated heterocycles. The molecule has 0 bridgehead atoms. The molecule has 5 heteroatoms. The summed E-state index contributed by atoms with van der Waals surface area (Å²) in [6.45, 7) is 1.92. The van der Waals surface area contributed by atoms with E-state index in [9.17, 15) is 9.59 Å². The third-order valence-corrected chi connectivity index (χ3v) is 4.03. The van der Waals surface area contributed by atoms with Crippen LogP contribution in [0.3, 0.4) is 0 Å². The minimum atomic E-state index is -0.442. The maximum absolute atomic E-state index is 12.3. The fraction of sp³-hybridized carbons (Fsp3) is 0.125. The number of hydrogen-bond donors (Lipinski definition) is 1. The van der Waals surface area contributed by atoms with E-state index in [0.29, 0.717) is 16.8 Å². The van der Waals surface area contributed by atoms with E-state index in [1.807, 2.05) is 19.1 Å². The Balaban J connectivity index is 2.24. The molecule has 2 rings (SSSR count). The van der Waals surface area contributed by atoms with Crippen LogP contribution in [0, 0.1) is 6.92 Å². The van der Waals surface area contributed by atoms with Crippen molar-refractivity contribution >= 4 is 33.5 Å². The van der Waals surface area contributed by atoms with Crippen molar-refractivity contribution in [2.75, 3.05) is 12.4 Å². The number of carbonyl (C=O) groups is 2. The summed E-state index contributed by atoms with van der Waals surface area (Å²) in [5, 5.41) is 2.77. The molecule has 0 aromatic heterocycles. The lowest BCUT2D eigenvalue weighted by atomic mass is 10.1. The van der Waals surface area contributed by atoms with Gasteiger partial charge in [-0.05, 0) is 52.7 Å². The van der Waals surface area contributed by atoms with Gasteiger partial charge in [-0.2, -0.15) is 0 Å². The van der Waals surface area contributed by atoms with Crippen molar-refractivity contribution in [3.63, 3.8) is 0 Å². The Hall–Kier alpha value is -2.14. The molecule has 4 nitrogen and oxygen atoms in total. The number of hydrogen-bond acceptors (Lipinski definition) is 3. The first kappa shape index (κ1) is 15.3. The molecular formula is C16H14BrNO3. The van der Waals surface area contributed by atoms with Crippen LogP contribution in [0.25, 0.3) is 0 Å². The molecule has 0 unspecified atom stereocenters. The van der Waals surface area contributed by atoms with Crippen LogP contribution in [0.15, 0.2) is 46.9 Å². The molecule has 0 fully saturated rings. The molecule has 21 heavy (non-hydrogen) atoms. The standard InChI is InChI=1S/C16H14BrNO3/c1-10-5-3-8-13(14(10)17)15(19)18-12-7-4-6-11(9-12)16(20)21-2/h3-9H,1-2H3,(H,18,19). The van der Waals surface area contributed by atoms with E-state index >= 15 is 0 Å². The Labute approximate surface area is 131 Å². The first-order valence-corrected chi connectivity index (χ1v) is 7.07. The molecule has 0 aliphatic heterocycles. The van der Waals surface area contributed by atoms with E-state index in [4.69, 9.17) is 0 Å². The molecule has 2 aromatic rings. The van der Waals surface area contributed by atoms with Crippen LogP contribution in [0.1, 0.15) is 26.3 Å². The summed E-state index contributed by atoms with van der Waals surface area (Å²) >= 11 is 3.41. The monoisotopic (exact) mass is 347 g/mol. The van der Waals surface area contributed by atoms with Gasteiger partial charge in [-0.25, -0.2) is 4.79 Å². The summed E-state index contributed by atoms with van der Waals surface area (Å²) in [7, 11) is 1.32. The van der Waals surface area contributed by atoms with Gasteiger partial charge in [0.05, 0.1) is 18.2 Å². The first-order valence-electron chi connectivity index (χ1n) is 6.27. The van der Waals surface area contributed by atoms with E-state index in [0.717, 1.165) is 10.0 Å². The van der Waals surface area contributed by atoms with Crippen LogP contribution in [-0.4, -0.2) is 19.0 Å². The summed E-state index contributed by atoms with van der Waals surface area (Å²) in [4.78, 5) is 23.8. The normalized spacial score (nSPS) is 10.0. The van der Waals surface area contributed by atoms with Gasteiger partial charge in [-0.3, -0.25) is 4.79 Å². The topological polar surface area (TPSA) is 55.4 Å². The summed E-state index contributed by atoms with van der Waals surface area (Å²) in [6, 6.07) is 12.1. The van der Waals surface area contributed by atoms with Crippen molar-refractivity contribution in [3.05, 3.63) is 63.6 Å². The smallest absolute Gasteiger partial charge is 0.337 e. The molecule has 0 spiro atoms. The van der Waals surface area contributed by atoms with E-state index < -0.39 is 5.97 Å². The van der Waals surface area contributed by atoms with Crippen LogP contribution in [0.5, 0.6) is 0 Å². The minimum absolute atomic E-state index is 0.243. The molecule has 0 heterocycles. The Morgan fingerprint density at radius 3 is 2.57 bits per heavy atom. The summed E-state index contributed by atoms with van der Waals surface area (Å²) in [5.74, 6) is -0.685. The number of methoxy groups -OCH3 is 1. The van der Waals surface area contributed by atoms with Gasteiger partial charge in [0.2, 0.25) is 0 Å². The largest absolute Gasteiger partial charge is 0.465 e. The van der Waals surface area contributed by atoms with Crippen molar-refractivity contribution in [2.45, 2.75) is 6.92 Å². The third kappa shape index (κ3) is 3.49. The lowest BCUT2D eigenvalue weighted by Gasteiger charge is -2.09. The highest BCUT2D eigenvalue weighted by Gasteiger charge is 2.12. The van der Waals surface area contributed by atoms with Crippen LogP contribution >= 0.6 is 15.9 Å². The van der Waals surface area contributed by atoms with Crippen molar-refractivity contribution < 1.29 is 14.3 Å². The molecule has 0 aliphatic rings. The van der Waals surface area contributed by atoms with Gasteiger partial charge in [0.1, 0.15) is 0 Å². The van der Waals surface area contributed by atoms with Crippen LogP contribution < -0.4 is 5.32 Å². The predicted octanol–water partition coefficient (Wildman–Crippen LogP) is 3.80. The molecule has 2 aromatic carbocycles. The van der Waals surface area contributed by atoms with Gasteiger partial charge in [-0.15, -0.1) is 0 Å². The van der Waals surface area contributed by atoms with Gasteiger partial charge < -0.3 is 10.1 Å². The van der Waals surface area contributed by atoms with Crippen molar-refractivity contribution in [1.29, 1.82) is 0 Å². The SMILES string of the molecule is COC(=O)c1cccc(NC(=O)c2cccc(C)c2Br)c1. The minimum Gasteiger partial charge on any atom is -0.465 e. The van der Waals surface area contributed by atoms with Crippen LogP contribution in [-0.2, 0) is 4.74 Å². The lowest BCUT2D eigenvalue weighted by molar-refractivity contribution is 0.0600. The summed E-state index contributed by atoms with van der Waals surface area (Å²) in [6.07, 6.45) is 0. The Morgan fingerprint density at radius 2 is 1.86 bits per heavy atom. The van der Waals surface area contributed by atoms with Gasteiger partial charge in [0.15, 0.2) is 0 Å². The number of esters is 1. The second-order valence-corrected chi connectivity index (χ2v) is 5.26. The maximum atomic E-state index is 12.3. The van der Waals surface area contributed by atoms with Gasteiger partial charge in [0.25, 0.3) is 5.91 Å². The third-order valence-electron chi connectivity index (χ3n) is 2.98. The van der Waals surface area contributed by atoms with Crippen molar-refractivity contribution in [3.8, 4) is 0 Å². The number of rotatable bonds is 3. The Kier molecular flexibility index (Phi) is 4.75. The molecule has 1 N–H and O–H groups in total. The molecular weight excluding hydrogens is 334 g/mol. The van der Waals surface area contributed by atoms with Crippen LogP contribution in [0.2, 0.25) is 0 Å². The van der Waals surface area contributed by atoms with Crippen molar-refractivity contribution in [1.82, 2.24) is 0 Å². The van der Waals surface area contributed by atoms with Gasteiger partial charge in [-0.1, -0.05) is 18.2 Å². The Bertz CT molecular complexity index is 698. The average molecular weight is 348 g/mol. The zero-order valence-electron chi connectivity index (χ0n) is 11.6. The van der Waals surface area contributed by atoms with Crippen LogP contribution in [0.4, 0.5) is 5.69 Å². The molecule has 0 aliphatic carbocycles. The quantitative estimate of drug-likeness (QED) is 0.859. The van der Waals surface area contributed by atoms with E-state index in [1.165, 1.54) is 7.11 Å². The molecule has 0 saturated carbocycles. The second kappa shape index (κ2) is 6.54. The number of halogens is 1. The second-order valence-electron chi connectivity index (χ2n) is 4.46. The summed E-state index contributed by atoms with van der Waals surface area (Å²) in [5.41, 5.74) is 2.44. The molecule has 108 valence electrons. The summed E-state index contributed by atoms with van der Waals surface area (Å²) < 4.78 is 5.41. The number of nitrogens with one attached hydrogen (secondary N) is 1. The molecule has 0 radical (unpaired) electrons. The number of benzene rings is 2. The highest BCUT2D eigenvalue weighted by atomic mass is 79.9. The fourth-order valence-corrected chi connectivity index (χ4v) is 2.31. The zero-order valence-corrected chi connectivity index (χ0v) is 13.2. The highest BCUT2D eigenvalue weighted by Crippen LogP contribution is 2.22. The fourth-order valence-electron chi connectivity index (χ4n) is 1.86. The number of amides is 1. The number of anilines is 1. The molecule has 0 atom stereocenters.